The molecule has 0 amide bonds. The Bertz CT molecular complexity index is 266. The number of ketones is 1. The van der Waals surface area contributed by atoms with Crippen molar-refractivity contribution in [2.24, 2.45) is 11.8 Å². The summed E-state index contributed by atoms with van der Waals surface area (Å²) < 4.78 is 0. The number of hydrogen-bond donors (Lipinski definition) is 1. The van der Waals surface area contributed by atoms with Crippen LogP contribution in [0.4, 0.5) is 0 Å². The molecule has 0 heterocycles. The Morgan fingerprint density at radius 3 is 2.65 bits per heavy atom. The van der Waals surface area contributed by atoms with Gasteiger partial charge in [0.15, 0.2) is 0 Å². The average molecular weight is 238 g/mol. The fraction of sp³-hybridized carbons (Fsp3) is 0.933. The first-order valence-corrected chi connectivity index (χ1v) is 7.38. The van der Waals surface area contributed by atoms with E-state index in [0.29, 0.717) is 11.7 Å². The molecule has 0 saturated heterocycles. The molecule has 2 unspecified atom stereocenters. The van der Waals surface area contributed by atoms with Crippen molar-refractivity contribution in [1.29, 1.82) is 0 Å². The average Bonchev–Trinajstić information content (AvgIpc) is 2.33. The van der Waals surface area contributed by atoms with Gasteiger partial charge in [0.05, 0.1) is 5.60 Å². The van der Waals surface area contributed by atoms with E-state index in [1.807, 2.05) is 0 Å². The van der Waals surface area contributed by atoms with Crippen molar-refractivity contribution in [3.05, 3.63) is 0 Å². The first-order valence-electron chi connectivity index (χ1n) is 7.38. The topological polar surface area (TPSA) is 37.3 Å². The maximum Gasteiger partial charge on any atom is 0.136 e. The van der Waals surface area contributed by atoms with Gasteiger partial charge in [0, 0.05) is 12.3 Å². The Labute approximate surface area is 105 Å². The third-order valence-corrected chi connectivity index (χ3v) is 4.86. The van der Waals surface area contributed by atoms with Gasteiger partial charge in [-0.05, 0) is 38.0 Å². The molecule has 98 valence electrons. The molecule has 2 rings (SSSR count). The highest BCUT2D eigenvalue weighted by molar-refractivity contribution is 5.81. The Kier molecular flexibility index (Phi) is 4.24. The van der Waals surface area contributed by atoms with Crippen molar-refractivity contribution in [2.75, 3.05) is 0 Å². The van der Waals surface area contributed by atoms with Crippen LogP contribution in [0.25, 0.3) is 0 Å². The largest absolute Gasteiger partial charge is 0.390 e. The molecule has 2 nitrogen and oxygen atoms in total. The number of aliphatic hydroxyl groups is 1. The summed E-state index contributed by atoms with van der Waals surface area (Å²) in [4.78, 5) is 12.0. The molecule has 17 heavy (non-hydrogen) atoms. The van der Waals surface area contributed by atoms with E-state index in [9.17, 15) is 9.90 Å². The van der Waals surface area contributed by atoms with E-state index in [2.05, 4.69) is 6.92 Å². The van der Waals surface area contributed by atoms with Crippen molar-refractivity contribution < 1.29 is 9.90 Å². The van der Waals surface area contributed by atoms with E-state index >= 15 is 0 Å². The van der Waals surface area contributed by atoms with Crippen molar-refractivity contribution in [2.45, 2.75) is 76.7 Å². The lowest BCUT2D eigenvalue weighted by Gasteiger charge is -2.37. The van der Waals surface area contributed by atoms with Crippen LogP contribution in [0.1, 0.15) is 71.1 Å². The fourth-order valence-electron chi connectivity index (χ4n) is 3.64. The van der Waals surface area contributed by atoms with Crippen LogP contribution in [0.15, 0.2) is 0 Å². The molecule has 2 fully saturated rings. The fourth-order valence-corrected chi connectivity index (χ4v) is 3.64. The Morgan fingerprint density at radius 2 is 2.00 bits per heavy atom. The molecule has 0 spiro atoms. The van der Waals surface area contributed by atoms with Crippen LogP contribution < -0.4 is 0 Å². The second-order valence-corrected chi connectivity index (χ2v) is 6.20. The van der Waals surface area contributed by atoms with E-state index in [4.69, 9.17) is 0 Å². The smallest absolute Gasteiger partial charge is 0.136 e. The third-order valence-electron chi connectivity index (χ3n) is 4.86. The maximum atomic E-state index is 12.0. The molecule has 2 saturated carbocycles. The lowest BCUT2D eigenvalue weighted by atomic mass is 9.71. The van der Waals surface area contributed by atoms with E-state index in [1.54, 1.807) is 0 Å². The number of carbonyl (C=O) groups is 1. The zero-order valence-electron chi connectivity index (χ0n) is 11.1. The van der Waals surface area contributed by atoms with E-state index < -0.39 is 5.60 Å². The molecule has 0 aromatic rings. The van der Waals surface area contributed by atoms with Gasteiger partial charge in [-0.15, -0.1) is 0 Å². The summed E-state index contributed by atoms with van der Waals surface area (Å²) >= 11 is 0. The van der Waals surface area contributed by atoms with Gasteiger partial charge in [0.2, 0.25) is 0 Å². The monoisotopic (exact) mass is 238 g/mol. The molecule has 1 N–H and O–H groups in total. The maximum absolute atomic E-state index is 12.0. The Morgan fingerprint density at radius 1 is 1.29 bits per heavy atom. The van der Waals surface area contributed by atoms with Crippen LogP contribution in [0.2, 0.25) is 0 Å². The second-order valence-electron chi connectivity index (χ2n) is 6.20. The van der Waals surface area contributed by atoms with Gasteiger partial charge in [0.1, 0.15) is 5.78 Å². The van der Waals surface area contributed by atoms with Gasteiger partial charge in [-0.2, -0.15) is 0 Å². The summed E-state index contributed by atoms with van der Waals surface area (Å²) in [5.74, 6) is 1.27. The molecule has 2 heteroatoms. The van der Waals surface area contributed by atoms with Gasteiger partial charge >= 0.3 is 0 Å². The summed E-state index contributed by atoms with van der Waals surface area (Å²) in [5, 5.41) is 10.5. The SMILES string of the molecule is CCC1CCC(=O)C(CC2(O)CCCCC2)C1. The number of Topliss-reactive ketones (excluding diaryl/α,β-unsaturated/α-hetero) is 1. The molecule has 2 atom stereocenters. The molecule has 2 aliphatic rings. The summed E-state index contributed by atoms with van der Waals surface area (Å²) in [6.07, 6.45) is 10.1. The van der Waals surface area contributed by atoms with Gasteiger partial charge in [-0.25, -0.2) is 0 Å². The predicted octanol–water partition coefficient (Wildman–Crippen LogP) is 3.47. The van der Waals surface area contributed by atoms with Gasteiger partial charge in [0.25, 0.3) is 0 Å². The van der Waals surface area contributed by atoms with Crippen molar-refractivity contribution in [1.82, 2.24) is 0 Å². The summed E-state index contributed by atoms with van der Waals surface area (Å²) in [6, 6.07) is 0. The van der Waals surface area contributed by atoms with Crippen LogP contribution in [0.3, 0.4) is 0 Å². The van der Waals surface area contributed by atoms with Gasteiger partial charge in [-0.1, -0.05) is 32.6 Å². The molecular weight excluding hydrogens is 212 g/mol. The summed E-state index contributed by atoms with van der Waals surface area (Å²) in [6.45, 7) is 2.22. The van der Waals surface area contributed by atoms with Crippen LogP contribution in [0, 0.1) is 11.8 Å². The third kappa shape index (κ3) is 3.31. The van der Waals surface area contributed by atoms with Crippen molar-refractivity contribution in [3.63, 3.8) is 0 Å². The van der Waals surface area contributed by atoms with Gasteiger partial charge < -0.3 is 5.11 Å². The second kappa shape index (κ2) is 5.51. The highest BCUT2D eigenvalue weighted by Gasteiger charge is 2.37. The minimum atomic E-state index is -0.520. The van der Waals surface area contributed by atoms with Crippen molar-refractivity contribution in [3.8, 4) is 0 Å². The lowest BCUT2D eigenvalue weighted by molar-refractivity contribution is -0.129. The lowest BCUT2D eigenvalue weighted by Crippen LogP contribution is -2.38. The Balaban J connectivity index is 1.93. The standard InChI is InChI=1S/C15H26O2/c1-2-12-6-7-14(16)13(10-12)11-15(17)8-4-3-5-9-15/h12-13,17H,2-11H2,1H3. The minimum absolute atomic E-state index is 0.150. The normalized spacial score (nSPS) is 33.6. The van der Waals surface area contributed by atoms with Crippen LogP contribution in [-0.2, 0) is 4.79 Å². The molecular formula is C15H26O2. The molecule has 0 aromatic heterocycles. The molecule has 0 aliphatic heterocycles. The Hall–Kier alpha value is -0.370. The van der Waals surface area contributed by atoms with Crippen LogP contribution in [-0.4, -0.2) is 16.5 Å². The van der Waals surface area contributed by atoms with E-state index in [1.165, 1.54) is 12.8 Å². The summed E-state index contributed by atoms with van der Waals surface area (Å²) in [5.41, 5.74) is -0.520. The zero-order chi connectivity index (χ0) is 12.3. The van der Waals surface area contributed by atoms with Crippen LogP contribution in [0.5, 0.6) is 0 Å². The van der Waals surface area contributed by atoms with Crippen LogP contribution >= 0.6 is 0 Å². The highest BCUT2D eigenvalue weighted by Crippen LogP contribution is 2.38. The van der Waals surface area contributed by atoms with Crippen molar-refractivity contribution >= 4 is 5.78 Å². The first-order chi connectivity index (χ1) is 8.13. The molecule has 0 bridgehead atoms. The van der Waals surface area contributed by atoms with Gasteiger partial charge in [-0.3, -0.25) is 4.79 Å². The highest BCUT2D eigenvalue weighted by atomic mass is 16.3. The predicted molar refractivity (Wildman–Crippen MR) is 68.8 cm³/mol. The minimum Gasteiger partial charge on any atom is -0.390 e. The quantitative estimate of drug-likeness (QED) is 0.817. The van der Waals surface area contributed by atoms with E-state index in [-0.39, 0.29) is 5.92 Å². The van der Waals surface area contributed by atoms with E-state index in [0.717, 1.165) is 51.4 Å². The summed E-state index contributed by atoms with van der Waals surface area (Å²) in [7, 11) is 0. The molecule has 2 aliphatic carbocycles. The number of carbonyl (C=O) groups excluding carboxylic acids is 1. The zero-order valence-corrected chi connectivity index (χ0v) is 11.1. The number of rotatable bonds is 3. The first kappa shape index (κ1) is 13.1. The molecule has 0 aromatic carbocycles. The molecule has 0 radical (unpaired) electrons. The number of hydrogen-bond acceptors (Lipinski definition) is 2.